The first kappa shape index (κ1) is 26.5. The number of halogens is 4. The van der Waals surface area contributed by atoms with Crippen LogP contribution in [0.3, 0.4) is 0 Å². The first-order chi connectivity index (χ1) is 18.1. The number of alkyl halides is 3. The topological polar surface area (TPSA) is 87.2 Å². The average Bonchev–Trinajstić information content (AvgIpc) is 3.68. The van der Waals surface area contributed by atoms with Crippen LogP contribution in [0.25, 0.3) is 11.1 Å². The van der Waals surface area contributed by atoms with Crippen LogP contribution in [0.5, 0.6) is 5.88 Å². The van der Waals surface area contributed by atoms with E-state index in [4.69, 9.17) is 9.47 Å². The number of aliphatic hydroxyl groups is 1. The second-order valence-corrected chi connectivity index (χ2v) is 10.0. The van der Waals surface area contributed by atoms with Gasteiger partial charge in [-0.15, -0.1) is 0 Å². The van der Waals surface area contributed by atoms with Crippen molar-refractivity contribution >= 4 is 17.5 Å². The van der Waals surface area contributed by atoms with Gasteiger partial charge in [-0.1, -0.05) is 0 Å². The molecule has 2 aromatic rings. The number of hydrogen-bond acceptors (Lipinski definition) is 6. The first-order valence-corrected chi connectivity index (χ1v) is 12.7. The average molecular weight is 539 g/mol. The van der Waals surface area contributed by atoms with E-state index in [-0.39, 0.29) is 37.2 Å². The van der Waals surface area contributed by atoms with Crippen LogP contribution in [-0.2, 0) is 4.74 Å². The predicted molar refractivity (Wildman–Crippen MR) is 132 cm³/mol. The van der Waals surface area contributed by atoms with Gasteiger partial charge >= 0.3 is 12.2 Å². The van der Waals surface area contributed by atoms with Crippen LogP contribution in [-0.4, -0.2) is 79.8 Å². The molecule has 1 saturated carbocycles. The molecule has 1 aliphatic carbocycles. The van der Waals surface area contributed by atoms with Gasteiger partial charge in [-0.3, -0.25) is 0 Å². The number of nitrogens with one attached hydrogen (secondary N) is 1. The zero-order valence-corrected chi connectivity index (χ0v) is 20.9. The molecule has 2 aliphatic heterocycles. The number of amides is 2. The summed E-state index contributed by atoms with van der Waals surface area (Å²) in [6, 6.07) is 5.49. The molecule has 3 unspecified atom stereocenters. The second-order valence-electron chi connectivity index (χ2n) is 10.0. The number of morpholine rings is 1. The summed E-state index contributed by atoms with van der Waals surface area (Å²) >= 11 is 0. The molecule has 3 heterocycles. The number of carbonyl (C=O) groups is 1. The largest absolute Gasteiger partial charge is 0.475 e. The lowest BCUT2D eigenvalue weighted by molar-refractivity contribution is -0.188. The molecular weight excluding hydrogens is 508 g/mol. The number of urea groups is 1. The second kappa shape index (κ2) is 10.6. The fourth-order valence-corrected chi connectivity index (χ4v) is 5.32. The van der Waals surface area contributed by atoms with E-state index < -0.39 is 36.4 Å². The molecule has 3 aliphatic rings. The highest BCUT2D eigenvalue weighted by atomic mass is 19.4. The Kier molecular flexibility index (Phi) is 7.36. The molecule has 12 heteroatoms. The van der Waals surface area contributed by atoms with Gasteiger partial charge in [-0.25, -0.2) is 9.18 Å². The number of aryl methyl sites for hydroxylation is 1. The molecule has 2 amide bonds. The van der Waals surface area contributed by atoms with Crippen LogP contribution >= 0.6 is 0 Å². The number of likely N-dealkylation sites (tertiary alicyclic amines) is 1. The molecule has 2 N–H and O–H groups in total. The SMILES string of the molecule is Cc1cc(F)c(NC(=O)N2CC3CC3C(C(F)(F)F)C2)cc1-c1cc(OCCO)nc(N2CCOCC2)c1. The zero-order valence-electron chi connectivity index (χ0n) is 20.9. The fraction of sp³-hybridized carbons (Fsp3) is 0.538. The van der Waals surface area contributed by atoms with E-state index in [0.717, 1.165) is 4.90 Å². The van der Waals surface area contributed by atoms with E-state index in [1.54, 1.807) is 13.0 Å². The Morgan fingerprint density at radius 2 is 1.97 bits per heavy atom. The summed E-state index contributed by atoms with van der Waals surface area (Å²) in [6.45, 7) is 3.68. The van der Waals surface area contributed by atoms with Gasteiger partial charge < -0.3 is 29.7 Å². The summed E-state index contributed by atoms with van der Waals surface area (Å²) in [5.74, 6) is -1.95. The molecule has 2 saturated heterocycles. The van der Waals surface area contributed by atoms with Crippen LogP contribution in [0.15, 0.2) is 24.3 Å². The molecule has 8 nitrogen and oxygen atoms in total. The number of ether oxygens (including phenoxy) is 2. The van der Waals surface area contributed by atoms with E-state index in [1.165, 1.54) is 12.1 Å². The molecule has 3 fully saturated rings. The van der Waals surface area contributed by atoms with Gasteiger partial charge in [0.25, 0.3) is 0 Å². The van der Waals surface area contributed by atoms with Crippen molar-refractivity contribution in [3.05, 3.63) is 35.6 Å². The first-order valence-electron chi connectivity index (χ1n) is 12.7. The van der Waals surface area contributed by atoms with Gasteiger partial charge in [0.05, 0.1) is 31.4 Å². The predicted octanol–water partition coefficient (Wildman–Crippen LogP) is 4.07. The summed E-state index contributed by atoms with van der Waals surface area (Å²) in [5.41, 5.74) is 1.71. The number of pyridine rings is 1. The maximum atomic E-state index is 14.9. The zero-order chi connectivity index (χ0) is 27.0. The lowest BCUT2D eigenvalue weighted by Gasteiger charge is -2.33. The number of piperidine rings is 1. The van der Waals surface area contributed by atoms with E-state index in [0.29, 0.717) is 55.2 Å². The summed E-state index contributed by atoms with van der Waals surface area (Å²) in [7, 11) is 0. The Balaban J connectivity index is 1.41. The van der Waals surface area contributed by atoms with Crippen LogP contribution in [0, 0.1) is 30.5 Å². The Hall–Kier alpha value is -3.12. The summed E-state index contributed by atoms with van der Waals surface area (Å²) in [5, 5.41) is 11.7. The van der Waals surface area contributed by atoms with E-state index in [2.05, 4.69) is 10.3 Å². The lowest BCUT2D eigenvalue weighted by atomic mass is 9.97. The molecule has 38 heavy (non-hydrogen) atoms. The van der Waals surface area contributed by atoms with E-state index >= 15 is 0 Å². The Morgan fingerprint density at radius 3 is 2.68 bits per heavy atom. The fourth-order valence-electron chi connectivity index (χ4n) is 5.32. The third-order valence-corrected chi connectivity index (χ3v) is 7.41. The van der Waals surface area contributed by atoms with Gasteiger partial charge in [-0.05, 0) is 60.1 Å². The van der Waals surface area contributed by atoms with Crippen LogP contribution in [0.4, 0.5) is 33.9 Å². The number of carbonyl (C=O) groups excluding carboxylic acids is 1. The molecule has 5 rings (SSSR count). The third-order valence-electron chi connectivity index (χ3n) is 7.41. The van der Waals surface area contributed by atoms with E-state index in [9.17, 15) is 27.5 Å². The lowest BCUT2D eigenvalue weighted by Crippen LogP contribution is -2.47. The number of aromatic nitrogens is 1. The van der Waals surface area contributed by atoms with Crippen molar-refractivity contribution in [1.82, 2.24) is 9.88 Å². The van der Waals surface area contributed by atoms with Gasteiger partial charge in [0.2, 0.25) is 5.88 Å². The smallest absolute Gasteiger partial charge is 0.393 e. The molecule has 1 aromatic carbocycles. The molecular formula is C26H30F4N4O4. The number of aliphatic hydroxyl groups excluding tert-OH is 1. The molecule has 3 atom stereocenters. The summed E-state index contributed by atoms with van der Waals surface area (Å²) in [6.07, 6.45) is -3.93. The standard InChI is InChI=1S/C26H30F4N4O4/c1-15-8-21(27)22(31-25(36)34-13-17-9-19(17)20(14-34)26(28,29)30)12-18(15)16-10-23(33-2-5-37-6-3-33)32-24(11-16)38-7-4-35/h8,10-12,17,19-20,35H,2-7,9,13-14H2,1H3,(H,31,36). The van der Waals surface area contributed by atoms with Crippen molar-refractivity contribution in [3.63, 3.8) is 0 Å². The van der Waals surface area contributed by atoms with Crippen LogP contribution in [0.2, 0.25) is 0 Å². The monoisotopic (exact) mass is 538 g/mol. The molecule has 206 valence electrons. The number of hydrogen-bond donors (Lipinski definition) is 2. The van der Waals surface area contributed by atoms with Gasteiger partial charge in [0.15, 0.2) is 0 Å². The number of nitrogens with zero attached hydrogens (tertiary/aromatic N) is 3. The highest BCUT2D eigenvalue weighted by molar-refractivity contribution is 5.91. The summed E-state index contributed by atoms with van der Waals surface area (Å²) < 4.78 is 66.3. The normalized spacial score (nSPS) is 23.2. The van der Waals surface area contributed by atoms with Gasteiger partial charge in [-0.2, -0.15) is 18.2 Å². The van der Waals surface area contributed by atoms with E-state index in [1.807, 2.05) is 11.0 Å². The minimum Gasteiger partial charge on any atom is -0.475 e. The molecule has 0 radical (unpaired) electrons. The van der Waals surface area contributed by atoms with Gasteiger partial charge in [0.1, 0.15) is 18.2 Å². The maximum Gasteiger partial charge on any atom is 0.393 e. The van der Waals surface area contributed by atoms with Crippen molar-refractivity contribution in [1.29, 1.82) is 0 Å². The molecule has 0 spiro atoms. The quantitative estimate of drug-likeness (QED) is 0.540. The molecule has 1 aromatic heterocycles. The number of anilines is 2. The minimum atomic E-state index is -4.38. The van der Waals surface area contributed by atoms with Crippen molar-refractivity contribution < 1.29 is 36.9 Å². The van der Waals surface area contributed by atoms with Crippen molar-refractivity contribution in [2.45, 2.75) is 19.5 Å². The van der Waals surface area contributed by atoms with Crippen molar-refractivity contribution in [3.8, 4) is 17.0 Å². The number of rotatable bonds is 6. The molecule has 0 bridgehead atoms. The van der Waals surface area contributed by atoms with Crippen LogP contribution in [0.1, 0.15) is 12.0 Å². The highest BCUT2D eigenvalue weighted by Gasteiger charge is 2.58. The Labute approximate surface area is 217 Å². The van der Waals surface area contributed by atoms with Crippen molar-refractivity contribution in [2.24, 2.45) is 17.8 Å². The number of fused-ring (bicyclic) bond motifs is 1. The highest BCUT2D eigenvalue weighted by Crippen LogP contribution is 2.53. The Bertz CT molecular complexity index is 1190. The Morgan fingerprint density at radius 1 is 1.21 bits per heavy atom. The van der Waals surface area contributed by atoms with Gasteiger partial charge in [0, 0.05) is 32.2 Å². The number of benzene rings is 1. The third kappa shape index (κ3) is 5.65. The maximum absolute atomic E-state index is 14.9. The summed E-state index contributed by atoms with van der Waals surface area (Å²) in [4.78, 5) is 20.6. The minimum absolute atomic E-state index is 0.0410. The van der Waals surface area contributed by atoms with Crippen molar-refractivity contribution in [2.75, 3.05) is 62.8 Å². The van der Waals surface area contributed by atoms with Crippen LogP contribution < -0.4 is 15.0 Å².